The molecule has 1 saturated heterocycles. The first-order valence-corrected chi connectivity index (χ1v) is 9.57. The lowest BCUT2D eigenvalue weighted by Gasteiger charge is -2.19. The highest BCUT2D eigenvalue weighted by atomic mass is 79.9. The number of carbonyl (C=O) groups is 1. The summed E-state index contributed by atoms with van der Waals surface area (Å²) < 4.78 is 8.48. The molecule has 2 fully saturated rings. The third kappa shape index (κ3) is 3.48. The van der Waals surface area contributed by atoms with Crippen LogP contribution in [0.5, 0.6) is 0 Å². The number of nitrogens with zero attached hydrogens (tertiary/aromatic N) is 3. The molecule has 2 aromatic rings. The highest BCUT2D eigenvalue weighted by Crippen LogP contribution is 2.42. The van der Waals surface area contributed by atoms with Crippen molar-refractivity contribution in [2.24, 2.45) is 0 Å². The van der Waals surface area contributed by atoms with Gasteiger partial charge in [-0.3, -0.25) is 4.79 Å². The Morgan fingerprint density at radius 2 is 2.08 bits per heavy atom. The summed E-state index contributed by atoms with van der Waals surface area (Å²) in [6.45, 7) is 2.77. The predicted octanol–water partition coefficient (Wildman–Crippen LogP) is 3.20. The normalized spacial score (nSPS) is 21.3. The fourth-order valence-electron chi connectivity index (χ4n) is 3.31. The summed E-state index contributed by atoms with van der Waals surface area (Å²) in [5.74, 6) is 0.200. The molecule has 0 radical (unpaired) electrons. The highest BCUT2D eigenvalue weighted by molar-refractivity contribution is 9.10. The number of carbonyl (C=O) groups excluding carboxylic acids is 1. The molecule has 6 nitrogen and oxygen atoms in total. The number of hydrogen-bond donors (Lipinski definition) is 1. The molecular weight excluding hydrogens is 384 g/mol. The summed E-state index contributed by atoms with van der Waals surface area (Å²) in [7, 11) is 0. The molecule has 1 aromatic carbocycles. The van der Waals surface area contributed by atoms with Crippen LogP contribution in [0.1, 0.15) is 54.7 Å². The molecule has 1 amide bonds. The Bertz CT molecular complexity index is 764. The third-order valence-corrected chi connectivity index (χ3v) is 5.37. The average molecular weight is 405 g/mol. The van der Waals surface area contributed by atoms with Gasteiger partial charge in [0.1, 0.15) is 0 Å². The lowest BCUT2D eigenvalue weighted by molar-refractivity contribution is 0.0709. The Morgan fingerprint density at radius 1 is 1.32 bits per heavy atom. The lowest BCUT2D eigenvalue weighted by atomic mass is 10.1. The first kappa shape index (κ1) is 16.7. The minimum Gasteiger partial charge on any atom is -0.376 e. The molecule has 0 spiro atoms. The number of hydrogen-bond acceptors (Lipinski definition) is 4. The average Bonchev–Trinajstić information content (AvgIpc) is 3.13. The molecule has 7 heteroatoms. The Hall–Kier alpha value is -1.73. The van der Waals surface area contributed by atoms with Crippen molar-refractivity contribution in [3.63, 3.8) is 0 Å². The molecule has 1 N–H and O–H groups in total. The molecule has 25 heavy (non-hydrogen) atoms. The van der Waals surface area contributed by atoms with Crippen molar-refractivity contribution in [1.82, 2.24) is 20.3 Å². The summed E-state index contributed by atoms with van der Waals surface area (Å²) in [6.07, 6.45) is 4.28. The predicted molar refractivity (Wildman–Crippen MR) is 96.9 cm³/mol. The van der Waals surface area contributed by atoms with Crippen LogP contribution in [0.15, 0.2) is 28.7 Å². The third-order valence-electron chi connectivity index (χ3n) is 4.84. The highest BCUT2D eigenvalue weighted by Gasteiger charge is 2.35. The fourth-order valence-corrected chi connectivity index (χ4v) is 3.58. The van der Waals surface area contributed by atoms with E-state index in [1.807, 2.05) is 31.2 Å². The summed E-state index contributed by atoms with van der Waals surface area (Å²) in [5, 5.41) is 11.5. The van der Waals surface area contributed by atoms with Crippen LogP contribution in [-0.4, -0.2) is 39.7 Å². The first-order chi connectivity index (χ1) is 12.1. The van der Waals surface area contributed by atoms with Crippen LogP contribution in [0.2, 0.25) is 0 Å². The quantitative estimate of drug-likeness (QED) is 0.830. The minimum atomic E-state index is -0.159. The van der Waals surface area contributed by atoms with E-state index in [4.69, 9.17) is 4.74 Å². The zero-order valence-electron chi connectivity index (χ0n) is 14.1. The van der Waals surface area contributed by atoms with Gasteiger partial charge in [0.2, 0.25) is 0 Å². The number of amides is 1. The van der Waals surface area contributed by atoms with Crippen molar-refractivity contribution >= 4 is 21.8 Å². The number of nitrogens with one attached hydrogen (secondary N) is 1. The van der Waals surface area contributed by atoms with E-state index < -0.39 is 0 Å². The van der Waals surface area contributed by atoms with Crippen LogP contribution in [0.3, 0.4) is 0 Å². The lowest BCUT2D eigenvalue weighted by Crippen LogP contribution is -2.41. The minimum absolute atomic E-state index is 0.0279. The van der Waals surface area contributed by atoms with Crippen LogP contribution in [0.25, 0.3) is 5.69 Å². The van der Waals surface area contributed by atoms with Crippen LogP contribution < -0.4 is 5.32 Å². The van der Waals surface area contributed by atoms with Gasteiger partial charge in [-0.1, -0.05) is 21.1 Å². The molecule has 2 aliphatic rings. The van der Waals surface area contributed by atoms with Gasteiger partial charge < -0.3 is 10.1 Å². The molecule has 2 atom stereocenters. The summed E-state index contributed by atoms with van der Waals surface area (Å²) >= 11 is 3.44. The number of halogens is 1. The summed E-state index contributed by atoms with van der Waals surface area (Å²) in [5.41, 5.74) is 2.28. The Kier molecular flexibility index (Phi) is 4.60. The topological polar surface area (TPSA) is 69.0 Å². The van der Waals surface area contributed by atoms with Gasteiger partial charge >= 0.3 is 0 Å². The smallest absolute Gasteiger partial charge is 0.274 e. The van der Waals surface area contributed by atoms with Crippen molar-refractivity contribution in [3.8, 4) is 5.69 Å². The molecular formula is C18H21BrN4O2. The maximum atomic E-state index is 12.8. The molecule has 0 bridgehead atoms. The van der Waals surface area contributed by atoms with Crippen molar-refractivity contribution in [3.05, 3.63) is 40.1 Å². The Balaban J connectivity index is 1.59. The van der Waals surface area contributed by atoms with E-state index in [2.05, 4.69) is 31.6 Å². The van der Waals surface area contributed by atoms with E-state index in [-0.39, 0.29) is 18.1 Å². The van der Waals surface area contributed by atoms with E-state index in [1.54, 1.807) is 4.68 Å². The zero-order valence-corrected chi connectivity index (χ0v) is 15.7. The number of aromatic nitrogens is 3. The molecule has 1 aliphatic carbocycles. The van der Waals surface area contributed by atoms with Crippen molar-refractivity contribution in [2.75, 3.05) is 6.61 Å². The fraction of sp³-hybridized carbons (Fsp3) is 0.500. The second-order valence-electron chi connectivity index (χ2n) is 6.80. The SMILES string of the molecule is CC(NC(=O)c1nnn(-c2ccc(Br)cc2)c1C1CC1)C1CCCO1. The van der Waals surface area contributed by atoms with E-state index in [0.717, 1.165) is 48.1 Å². The Labute approximate surface area is 155 Å². The van der Waals surface area contributed by atoms with Crippen LogP contribution in [-0.2, 0) is 4.74 Å². The standard InChI is InChI=1S/C18H21BrN4O2/c1-11(15-3-2-10-25-15)20-18(24)16-17(12-4-5-12)23(22-21-16)14-8-6-13(19)7-9-14/h6-9,11-12,15H,2-5,10H2,1H3,(H,20,24). The second kappa shape index (κ2) is 6.88. The second-order valence-corrected chi connectivity index (χ2v) is 7.72. The van der Waals surface area contributed by atoms with Crippen molar-refractivity contribution < 1.29 is 9.53 Å². The van der Waals surface area contributed by atoms with Crippen LogP contribution >= 0.6 is 15.9 Å². The van der Waals surface area contributed by atoms with E-state index in [9.17, 15) is 4.79 Å². The van der Waals surface area contributed by atoms with Gasteiger partial charge in [0.15, 0.2) is 5.69 Å². The molecule has 2 unspecified atom stereocenters. The van der Waals surface area contributed by atoms with Gasteiger partial charge in [-0.15, -0.1) is 5.10 Å². The van der Waals surface area contributed by atoms with E-state index in [1.165, 1.54) is 0 Å². The number of ether oxygens (including phenoxy) is 1. The maximum absolute atomic E-state index is 12.8. The molecule has 4 rings (SSSR count). The zero-order chi connectivity index (χ0) is 17.4. The van der Waals surface area contributed by atoms with Crippen molar-refractivity contribution in [2.45, 2.75) is 50.7 Å². The first-order valence-electron chi connectivity index (χ1n) is 8.77. The summed E-state index contributed by atoms with van der Waals surface area (Å²) in [6, 6.07) is 7.85. The number of rotatable bonds is 5. The van der Waals surface area contributed by atoms with Gasteiger partial charge in [-0.05, 0) is 56.9 Å². The van der Waals surface area contributed by atoms with Crippen LogP contribution in [0.4, 0.5) is 0 Å². The molecule has 2 heterocycles. The number of benzene rings is 1. The largest absolute Gasteiger partial charge is 0.376 e. The van der Waals surface area contributed by atoms with Crippen LogP contribution in [0, 0.1) is 0 Å². The van der Waals surface area contributed by atoms with Crippen molar-refractivity contribution in [1.29, 1.82) is 0 Å². The maximum Gasteiger partial charge on any atom is 0.274 e. The molecule has 132 valence electrons. The van der Waals surface area contributed by atoms with Gasteiger partial charge in [0.25, 0.3) is 5.91 Å². The summed E-state index contributed by atoms with van der Waals surface area (Å²) in [4.78, 5) is 12.8. The van der Waals surface area contributed by atoms with Gasteiger partial charge in [0.05, 0.1) is 23.5 Å². The van der Waals surface area contributed by atoms with Gasteiger partial charge in [0, 0.05) is 17.0 Å². The van der Waals surface area contributed by atoms with Gasteiger partial charge in [-0.2, -0.15) is 0 Å². The molecule has 1 aliphatic heterocycles. The molecule has 1 aromatic heterocycles. The van der Waals surface area contributed by atoms with E-state index in [0.29, 0.717) is 11.6 Å². The van der Waals surface area contributed by atoms with Gasteiger partial charge in [-0.25, -0.2) is 4.68 Å². The van der Waals surface area contributed by atoms with E-state index >= 15 is 0 Å². The monoisotopic (exact) mass is 404 g/mol. The Morgan fingerprint density at radius 3 is 2.72 bits per heavy atom. The molecule has 1 saturated carbocycles.